The number of nitrogens with zero attached hydrogens (tertiary/aromatic N) is 1. The molecule has 1 aliphatic carbocycles. The van der Waals surface area contributed by atoms with E-state index in [0.717, 1.165) is 16.8 Å². The van der Waals surface area contributed by atoms with E-state index in [0.29, 0.717) is 33.9 Å². The molecule has 0 spiro atoms. The molecule has 1 heterocycles. The third kappa shape index (κ3) is 4.82. The summed E-state index contributed by atoms with van der Waals surface area (Å²) < 4.78 is 13.7. The molecule has 4 rings (SSSR count). The van der Waals surface area contributed by atoms with Gasteiger partial charge in [-0.2, -0.15) is 0 Å². The van der Waals surface area contributed by atoms with E-state index in [1.54, 1.807) is 38.1 Å². The van der Waals surface area contributed by atoms with Crippen LogP contribution in [0.5, 0.6) is 0 Å². The summed E-state index contributed by atoms with van der Waals surface area (Å²) in [6, 6.07) is 18.7. The topological polar surface area (TPSA) is 86.3 Å². The zero-order valence-corrected chi connectivity index (χ0v) is 18.5. The molecule has 0 unspecified atom stereocenters. The van der Waals surface area contributed by atoms with E-state index in [-0.39, 0.29) is 11.4 Å². The summed E-state index contributed by atoms with van der Waals surface area (Å²) in [5, 5.41) is 5.35. The molecule has 2 amide bonds. The van der Waals surface area contributed by atoms with Gasteiger partial charge in [0.1, 0.15) is 5.82 Å². The molecule has 7 heteroatoms. The van der Waals surface area contributed by atoms with Crippen molar-refractivity contribution >= 4 is 28.8 Å². The van der Waals surface area contributed by atoms with Gasteiger partial charge in [0.2, 0.25) is 0 Å². The lowest BCUT2D eigenvalue weighted by Gasteiger charge is -2.10. The van der Waals surface area contributed by atoms with Crippen LogP contribution in [0.15, 0.2) is 76.5 Å². The highest BCUT2D eigenvalue weighted by Crippen LogP contribution is 2.27. The molecule has 2 aromatic rings. The number of rotatable bonds is 4. The number of carbonyl (C=O) groups excluding carboxylic acids is 1. The number of aromatic amines is 1. The average molecular weight is 442 g/mol. The number of carbonyl (C=O) groups is 1. The minimum absolute atomic E-state index is 0.200. The van der Waals surface area contributed by atoms with Crippen molar-refractivity contribution in [1.82, 2.24) is 4.98 Å². The molecule has 33 heavy (non-hydrogen) atoms. The molecule has 0 saturated heterocycles. The normalized spacial score (nSPS) is 11.5. The number of benzene rings is 2. The summed E-state index contributed by atoms with van der Waals surface area (Å²) in [6.45, 7) is 5.34. The summed E-state index contributed by atoms with van der Waals surface area (Å²) in [4.78, 5) is 32.5. The van der Waals surface area contributed by atoms with Crippen LogP contribution >= 0.6 is 0 Å². The number of hydrogen-bond acceptors (Lipinski definition) is 3. The van der Waals surface area contributed by atoms with Crippen LogP contribution in [0.3, 0.4) is 0 Å². The molecule has 0 saturated carbocycles. The van der Waals surface area contributed by atoms with Gasteiger partial charge in [0, 0.05) is 22.6 Å². The maximum atomic E-state index is 13.7. The van der Waals surface area contributed by atoms with E-state index in [1.807, 2.05) is 43.3 Å². The Balaban J connectivity index is 1.58. The van der Waals surface area contributed by atoms with Crippen molar-refractivity contribution in [2.45, 2.75) is 20.8 Å². The predicted molar refractivity (Wildman–Crippen MR) is 131 cm³/mol. The number of anilines is 2. The maximum absolute atomic E-state index is 13.7. The van der Waals surface area contributed by atoms with Crippen LogP contribution in [-0.4, -0.2) is 16.7 Å². The molecule has 6 nitrogen and oxygen atoms in total. The van der Waals surface area contributed by atoms with Crippen molar-refractivity contribution in [1.29, 1.82) is 0 Å². The fourth-order valence-electron chi connectivity index (χ4n) is 3.55. The van der Waals surface area contributed by atoms with Crippen molar-refractivity contribution in [3.05, 3.63) is 99.6 Å². The highest BCUT2D eigenvalue weighted by Gasteiger charge is 2.16. The fraction of sp³-hybridized carbons (Fsp3) is 0.115. The number of urea groups is 1. The third-order valence-electron chi connectivity index (χ3n) is 5.33. The van der Waals surface area contributed by atoms with E-state index in [1.165, 1.54) is 6.07 Å². The second kappa shape index (κ2) is 9.08. The van der Waals surface area contributed by atoms with Gasteiger partial charge in [-0.25, -0.2) is 9.18 Å². The lowest BCUT2D eigenvalue weighted by atomic mass is 10.1. The number of aliphatic imine (C=N–C) groups is 1. The van der Waals surface area contributed by atoms with E-state index >= 15 is 0 Å². The van der Waals surface area contributed by atoms with Gasteiger partial charge in [-0.3, -0.25) is 9.79 Å². The van der Waals surface area contributed by atoms with Gasteiger partial charge >= 0.3 is 6.03 Å². The van der Waals surface area contributed by atoms with E-state index < -0.39 is 6.03 Å². The van der Waals surface area contributed by atoms with Crippen molar-refractivity contribution in [3.63, 3.8) is 0 Å². The smallest absolute Gasteiger partial charge is 0.321 e. The van der Waals surface area contributed by atoms with E-state index in [9.17, 15) is 14.0 Å². The Hall–Kier alpha value is -4.26. The molecule has 0 fully saturated rings. The Kier molecular flexibility index (Phi) is 6.04. The Labute approximate surface area is 190 Å². The zero-order valence-electron chi connectivity index (χ0n) is 18.5. The van der Waals surface area contributed by atoms with Crippen molar-refractivity contribution in [2.24, 2.45) is 4.99 Å². The predicted octanol–water partition coefficient (Wildman–Crippen LogP) is 6.02. The summed E-state index contributed by atoms with van der Waals surface area (Å²) in [6.07, 6.45) is 0. The molecule has 166 valence electrons. The van der Waals surface area contributed by atoms with Gasteiger partial charge in [0.15, 0.2) is 0 Å². The first kappa shape index (κ1) is 22.0. The first-order valence-corrected chi connectivity index (χ1v) is 10.4. The Morgan fingerprint density at radius 1 is 0.909 bits per heavy atom. The van der Waals surface area contributed by atoms with Gasteiger partial charge in [0.25, 0.3) is 5.56 Å². The standard InChI is InChI=1S/C26H23FN4O2/c1-15-9-11-18(13-21(15)27)29-26(33)30-19-12-10-16(2)23(14-19)28-17(3)24-20-7-5-4-6-8-22(20)31-25(24)32/h4-14H,1-3H3,(H,31,32)(H2,29,30,33). The van der Waals surface area contributed by atoms with Crippen LogP contribution in [0.2, 0.25) is 0 Å². The number of aryl methyl sites for hydroxylation is 2. The number of aromatic nitrogens is 1. The molecule has 0 bridgehead atoms. The molecule has 2 aromatic carbocycles. The molecular weight excluding hydrogens is 419 g/mol. The second-order valence-corrected chi connectivity index (χ2v) is 7.81. The minimum atomic E-state index is -0.500. The number of amides is 2. The highest BCUT2D eigenvalue weighted by molar-refractivity contribution is 6.06. The van der Waals surface area contributed by atoms with Crippen LogP contribution in [0.1, 0.15) is 23.6 Å². The fourth-order valence-corrected chi connectivity index (χ4v) is 3.55. The summed E-state index contributed by atoms with van der Waals surface area (Å²) in [5.41, 5.74) is 5.30. The van der Waals surface area contributed by atoms with Gasteiger partial charge in [-0.15, -0.1) is 0 Å². The van der Waals surface area contributed by atoms with Crippen LogP contribution in [0.4, 0.5) is 26.2 Å². The highest BCUT2D eigenvalue weighted by atomic mass is 19.1. The molecule has 0 radical (unpaired) electrons. The van der Waals surface area contributed by atoms with Crippen LogP contribution in [-0.2, 0) is 0 Å². The van der Waals surface area contributed by atoms with E-state index in [2.05, 4.69) is 20.6 Å². The Bertz CT molecular complexity index is 1410. The van der Waals surface area contributed by atoms with Crippen LogP contribution < -0.4 is 16.2 Å². The Morgan fingerprint density at radius 3 is 2.30 bits per heavy atom. The van der Waals surface area contributed by atoms with Crippen molar-refractivity contribution < 1.29 is 9.18 Å². The first-order chi connectivity index (χ1) is 15.8. The zero-order chi connectivity index (χ0) is 23.5. The van der Waals surface area contributed by atoms with Gasteiger partial charge < -0.3 is 15.6 Å². The number of hydrogen-bond donors (Lipinski definition) is 3. The monoisotopic (exact) mass is 442 g/mol. The van der Waals surface area contributed by atoms with Crippen LogP contribution in [0.25, 0.3) is 11.3 Å². The summed E-state index contributed by atoms with van der Waals surface area (Å²) in [7, 11) is 0. The molecule has 3 N–H and O–H groups in total. The quantitative estimate of drug-likeness (QED) is 0.338. The molecule has 2 aliphatic rings. The van der Waals surface area contributed by atoms with Crippen molar-refractivity contribution in [3.8, 4) is 11.3 Å². The lowest BCUT2D eigenvalue weighted by Crippen LogP contribution is -2.19. The average Bonchev–Trinajstić information content (AvgIpc) is 2.91. The second-order valence-electron chi connectivity index (χ2n) is 7.81. The number of H-pyrrole nitrogens is 1. The summed E-state index contributed by atoms with van der Waals surface area (Å²) in [5.74, 6) is -0.390. The van der Waals surface area contributed by atoms with Gasteiger partial charge in [0.05, 0.1) is 17.0 Å². The minimum Gasteiger partial charge on any atom is -0.321 e. The maximum Gasteiger partial charge on any atom is 0.323 e. The molecule has 1 aliphatic heterocycles. The lowest BCUT2D eigenvalue weighted by molar-refractivity contribution is 0.262. The molecule has 0 atom stereocenters. The number of fused-ring (bicyclic) bond motifs is 1. The molecular formula is C26H23FN4O2. The van der Waals surface area contributed by atoms with Crippen LogP contribution in [0, 0.1) is 19.7 Å². The van der Waals surface area contributed by atoms with Gasteiger partial charge in [-0.05, 0) is 62.2 Å². The van der Waals surface area contributed by atoms with E-state index in [4.69, 9.17) is 0 Å². The third-order valence-corrected chi connectivity index (χ3v) is 5.33. The van der Waals surface area contributed by atoms with Gasteiger partial charge in [-0.1, -0.05) is 36.4 Å². The number of halogens is 1. The van der Waals surface area contributed by atoms with Crippen molar-refractivity contribution in [2.75, 3.05) is 10.6 Å². The SMILES string of the molecule is CC(=Nc1cc(NC(=O)Nc2ccc(C)c(F)c2)ccc1C)c1c2cccccc-2[nH]c1=O. The molecule has 0 aromatic heterocycles. The largest absolute Gasteiger partial charge is 0.323 e. The Morgan fingerprint density at radius 2 is 1.58 bits per heavy atom. The first-order valence-electron chi connectivity index (χ1n) is 10.4. The summed E-state index contributed by atoms with van der Waals surface area (Å²) >= 11 is 0. The number of nitrogens with one attached hydrogen (secondary N) is 3.